The van der Waals surface area contributed by atoms with E-state index in [0.29, 0.717) is 0 Å². The van der Waals surface area contributed by atoms with Gasteiger partial charge < -0.3 is 10.2 Å². The zero-order valence-electron chi connectivity index (χ0n) is 11.7. The van der Waals surface area contributed by atoms with Crippen molar-refractivity contribution in [2.75, 3.05) is 31.6 Å². The van der Waals surface area contributed by atoms with E-state index in [-0.39, 0.29) is 0 Å². The van der Waals surface area contributed by atoms with Gasteiger partial charge in [-0.05, 0) is 58.7 Å². The van der Waals surface area contributed by atoms with Crippen molar-refractivity contribution in [2.45, 2.75) is 33.1 Å². The first-order valence-corrected chi connectivity index (χ1v) is 6.91. The van der Waals surface area contributed by atoms with E-state index in [4.69, 9.17) is 0 Å². The second-order valence-corrected chi connectivity index (χ2v) is 5.27. The van der Waals surface area contributed by atoms with Crippen LogP contribution in [0.2, 0.25) is 0 Å². The van der Waals surface area contributed by atoms with E-state index in [1.54, 1.807) is 0 Å². The third kappa shape index (κ3) is 3.42. The number of piperidine rings is 1. The molecular weight excluding hydrogens is 224 g/mol. The number of nitrogens with zero attached hydrogens (tertiary/aromatic N) is 3. The Morgan fingerprint density at radius 3 is 2.39 bits per heavy atom. The molecule has 4 heteroatoms. The van der Waals surface area contributed by atoms with Gasteiger partial charge in [0.2, 0.25) is 5.95 Å². The molecule has 0 spiro atoms. The normalized spacial score (nSPS) is 17.2. The van der Waals surface area contributed by atoms with Gasteiger partial charge in [0.25, 0.3) is 0 Å². The number of hydrogen-bond donors (Lipinski definition) is 1. The molecule has 1 N–H and O–H groups in total. The summed E-state index contributed by atoms with van der Waals surface area (Å²) in [6.07, 6.45) is 3.81. The first-order valence-electron chi connectivity index (χ1n) is 6.91. The summed E-state index contributed by atoms with van der Waals surface area (Å²) in [5, 5.41) is 3.23. The minimum atomic E-state index is 0.861. The molecule has 4 nitrogen and oxygen atoms in total. The van der Waals surface area contributed by atoms with Gasteiger partial charge in [-0.2, -0.15) is 0 Å². The van der Waals surface area contributed by atoms with E-state index >= 15 is 0 Å². The Labute approximate surface area is 110 Å². The maximum absolute atomic E-state index is 4.55. The van der Waals surface area contributed by atoms with E-state index in [0.717, 1.165) is 42.9 Å². The molecule has 0 radical (unpaired) electrons. The smallest absolute Gasteiger partial charge is 0.225 e. The van der Waals surface area contributed by atoms with Crippen LogP contribution in [-0.2, 0) is 0 Å². The lowest BCUT2D eigenvalue weighted by Gasteiger charge is -2.32. The third-order valence-corrected chi connectivity index (χ3v) is 3.67. The maximum atomic E-state index is 4.55. The Kier molecular flexibility index (Phi) is 4.53. The van der Waals surface area contributed by atoms with Crippen LogP contribution < -0.4 is 10.2 Å². The van der Waals surface area contributed by atoms with Crippen LogP contribution in [0.4, 0.5) is 5.95 Å². The van der Waals surface area contributed by atoms with Gasteiger partial charge in [0.15, 0.2) is 0 Å². The van der Waals surface area contributed by atoms with Crippen molar-refractivity contribution < 1.29 is 0 Å². The van der Waals surface area contributed by atoms with E-state index in [1.165, 1.54) is 19.3 Å². The minimum absolute atomic E-state index is 0.861. The molecule has 2 heterocycles. The van der Waals surface area contributed by atoms with Crippen LogP contribution in [0.1, 0.15) is 30.7 Å². The van der Waals surface area contributed by atoms with Crippen molar-refractivity contribution in [3.63, 3.8) is 0 Å². The largest absolute Gasteiger partial charge is 0.341 e. The quantitative estimate of drug-likeness (QED) is 0.884. The van der Waals surface area contributed by atoms with Gasteiger partial charge in [0.05, 0.1) is 0 Å². The van der Waals surface area contributed by atoms with Crippen LogP contribution in [-0.4, -0.2) is 36.6 Å². The number of aryl methyl sites for hydroxylation is 2. The monoisotopic (exact) mass is 248 g/mol. The lowest BCUT2D eigenvalue weighted by atomic mass is 9.94. The molecule has 0 saturated carbocycles. The summed E-state index contributed by atoms with van der Waals surface area (Å²) >= 11 is 0. The van der Waals surface area contributed by atoms with Crippen molar-refractivity contribution in [3.05, 3.63) is 17.5 Å². The molecule has 0 aromatic carbocycles. The van der Waals surface area contributed by atoms with Gasteiger partial charge in [-0.3, -0.25) is 0 Å². The highest BCUT2D eigenvalue weighted by Gasteiger charge is 2.20. The fourth-order valence-corrected chi connectivity index (χ4v) is 2.62. The zero-order chi connectivity index (χ0) is 13.0. The predicted octanol–water partition coefficient (Wildman–Crippen LogP) is 1.92. The highest BCUT2D eigenvalue weighted by atomic mass is 15.3. The molecule has 18 heavy (non-hydrogen) atoms. The van der Waals surface area contributed by atoms with Crippen LogP contribution in [0.25, 0.3) is 0 Å². The molecule has 0 amide bonds. The van der Waals surface area contributed by atoms with Crippen molar-refractivity contribution in [2.24, 2.45) is 5.92 Å². The van der Waals surface area contributed by atoms with Gasteiger partial charge in [0, 0.05) is 24.5 Å². The van der Waals surface area contributed by atoms with Gasteiger partial charge in [0.1, 0.15) is 0 Å². The van der Waals surface area contributed by atoms with Gasteiger partial charge in [-0.15, -0.1) is 0 Å². The molecular formula is C14H24N4. The number of nitrogens with one attached hydrogen (secondary N) is 1. The highest BCUT2D eigenvalue weighted by Crippen LogP contribution is 2.23. The number of anilines is 1. The summed E-state index contributed by atoms with van der Waals surface area (Å²) in [6, 6.07) is 2.03. The molecule has 2 rings (SSSR count). The van der Waals surface area contributed by atoms with Crippen LogP contribution in [0.5, 0.6) is 0 Å². The zero-order valence-corrected chi connectivity index (χ0v) is 11.7. The standard InChI is InChI=1S/C14H24N4/c1-11-10-12(2)17-14(16-11)18-8-5-13(6-9-18)4-7-15-3/h10,13,15H,4-9H2,1-3H3. The Morgan fingerprint density at radius 1 is 1.22 bits per heavy atom. The van der Waals surface area contributed by atoms with Gasteiger partial charge in [-0.25, -0.2) is 9.97 Å². The Bertz CT molecular complexity index is 363. The maximum Gasteiger partial charge on any atom is 0.225 e. The fourth-order valence-electron chi connectivity index (χ4n) is 2.62. The predicted molar refractivity (Wildman–Crippen MR) is 75.0 cm³/mol. The molecule has 100 valence electrons. The highest BCUT2D eigenvalue weighted by molar-refractivity contribution is 5.32. The fraction of sp³-hybridized carbons (Fsp3) is 0.714. The van der Waals surface area contributed by atoms with E-state index < -0.39 is 0 Å². The van der Waals surface area contributed by atoms with Crippen LogP contribution in [0.3, 0.4) is 0 Å². The first-order chi connectivity index (χ1) is 8.69. The molecule has 1 aromatic rings. The lowest BCUT2D eigenvalue weighted by molar-refractivity contribution is 0.375. The molecule has 1 aliphatic heterocycles. The first kappa shape index (κ1) is 13.3. The van der Waals surface area contributed by atoms with Gasteiger partial charge in [-0.1, -0.05) is 0 Å². The molecule has 0 aliphatic carbocycles. The van der Waals surface area contributed by atoms with Crippen molar-refractivity contribution in [3.8, 4) is 0 Å². The second kappa shape index (κ2) is 6.14. The van der Waals surface area contributed by atoms with Crippen LogP contribution >= 0.6 is 0 Å². The molecule has 0 bridgehead atoms. The van der Waals surface area contributed by atoms with Crippen molar-refractivity contribution in [1.82, 2.24) is 15.3 Å². The molecule has 1 fully saturated rings. The number of rotatable bonds is 4. The SMILES string of the molecule is CNCCC1CCN(c2nc(C)cc(C)n2)CC1. The number of hydrogen-bond acceptors (Lipinski definition) is 4. The van der Waals surface area contributed by atoms with E-state index in [9.17, 15) is 0 Å². The number of aromatic nitrogens is 2. The Morgan fingerprint density at radius 2 is 1.83 bits per heavy atom. The lowest BCUT2D eigenvalue weighted by Crippen LogP contribution is -2.35. The van der Waals surface area contributed by atoms with E-state index in [1.807, 2.05) is 27.0 Å². The summed E-state index contributed by atoms with van der Waals surface area (Å²) in [4.78, 5) is 11.4. The summed E-state index contributed by atoms with van der Waals surface area (Å²) < 4.78 is 0. The summed E-state index contributed by atoms with van der Waals surface area (Å²) in [6.45, 7) is 7.40. The Hall–Kier alpha value is -1.16. The molecule has 1 saturated heterocycles. The van der Waals surface area contributed by atoms with E-state index in [2.05, 4.69) is 20.2 Å². The van der Waals surface area contributed by atoms with Gasteiger partial charge >= 0.3 is 0 Å². The molecule has 0 atom stereocenters. The van der Waals surface area contributed by atoms with Crippen molar-refractivity contribution >= 4 is 5.95 Å². The summed E-state index contributed by atoms with van der Waals surface area (Å²) in [5.74, 6) is 1.78. The van der Waals surface area contributed by atoms with Crippen LogP contribution in [0, 0.1) is 19.8 Å². The van der Waals surface area contributed by atoms with Crippen molar-refractivity contribution in [1.29, 1.82) is 0 Å². The Balaban J connectivity index is 1.92. The molecule has 1 aromatic heterocycles. The molecule has 1 aliphatic rings. The third-order valence-electron chi connectivity index (χ3n) is 3.67. The average molecular weight is 248 g/mol. The summed E-state index contributed by atoms with van der Waals surface area (Å²) in [7, 11) is 2.03. The summed E-state index contributed by atoms with van der Waals surface area (Å²) in [5.41, 5.74) is 2.13. The van der Waals surface area contributed by atoms with Crippen LogP contribution in [0.15, 0.2) is 6.07 Å². The topological polar surface area (TPSA) is 41.0 Å². The molecule has 0 unspecified atom stereocenters. The average Bonchev–Trinajstić information content (AvgIpc) is 2.36. The minimum Gasteiger partial charge on any atom is -0.341 e. The second-order valence-electron chi connectivity index (χ2n) is 5.27.